The number of nitrogens with one attached hydrogen (secondary N) is 2. The average molecular weight is 211 g/mol. The number of nitrogens with two attached hydrogens (primary N) is 1. The summed E-state index contributed by atoms with van der Waals surface area (Å²) in [5, 5.41) is 20.0. The van der Waals surface area contributed by atoms with Crippen LogP contribution < -0.4 is 11.1 Å². The Kier molecular flexibility index (Phi) is 3.67. The molecule has 5 N–H and O–H groups in total. The fourth-order valence-electron chi connectivity index (χ4n) is 1.09. The van der Waals surface area contributed by atoms with Crippen LogP contribution >= 0.6 is 0 Å². The van der Waals surface area contributed by atoms with Crippen molar-refractivity contribution in [1.82, 2.24) is 15.5 Å². The maximum atomic E-state index is 11.5. The molecule has 1 heterocycles. The largest absolute Gasteiger partial charge is 0.409 e. The van der Waals surface area contributed by atoms with Crippen LogP contribution in [-0.4, -0.2) is 33.2 Å². The van der Waals surface area contributed by atoms with Crippen molar-refractivity contribution in [1.29, 1.82) is 0 Å². The van der Waals surface area contributed by atoms with E-state index in [-0.39, 0.29) is 17.8 Å². The van der Waals surface area contributed by atoms with Gasteiger partial charge in [-0.15, -0.1) is 0 Å². The van der Waals surface area contributed by atoms with Gasteiger partial charge in [-0.2, -0.15) is 5.10 Å². The summed E-state index contributed by atoms with van der Waals surface area (Å²) in [5.41, 5.74) is 5.74. The van der Waals surface area contributed by atoms with Crippen LogP contribution in [-0.2, 0) is 0 Å². The van der Waals surface area contributed by atoms with Crippen molar-refractivity contribution in [3.05, 3.63) is 18.0 Å². The second kappa shape index (κ2) is 4.99. The van der Waals surface area contributed by atoms with Crippen LogP contribution in [0, 0.1) is 0 Å². The average Bonchev–Trinajstić information content (AvgIpc) is 2.70. The van der Waals surface area contributed by atoms with Crippen LogP contribution in [0.2, 0.25) is 0 Å². The molecule has 7 nitrogen and oxygen atoms in total. The lowest BCUT2D eigenvalue weighted by Crippen LogP contribution is -2.35. The summed E-state index contributed by atoms with van der Waals surface area (Å²) in [6.07, 6.45) is 3.21. The number of H-pyrrole nitrogens is 1. The smallest absolute Gasteiger partial charge is 0.254 e. The lowest BCUT2D eigenvalue weighted by atomic mass is 10.2. The quantitative estimate of drug-likeness (QED) is 0.236. The number of hydrogen-bond donors (Lipinski definition) is 4. The van der Waals surface area contributed by atoms with E-state index in [2.05, 4.69) is 20.7 Å². The topological polar surface area (TPSA) is 116 Å². The Balaban J connectivity index is 2.45. The molecule has 0 radical (unpaired) electrons. The number of oxime groups is 1. The lowest BCUT2D eigenvalue weighted by molar-refractivity contribution is 0.0941. The third kappa shape index (κ3) is 3.29. The Morgan fingerprint density at radius 1 is 1.87 bits per heavy atom. The van der Waals surface area contributed by atoms with Gasteiger partial charge in [0.1, 0.15) is 5.84 Å². The number of carbonyl (C=O) groups excluding carboxylic acids is 1. The van der Waals surface area contributed by atoms with Crippen molar-refractivity contribution in [2.75, 3.05) is 0 Å². The summed E-state index contributed by atoms with van der Waals surface area (Å²) in [6.45, 7) is 1.76. The SMILES string of the molecule is CC(CC(N)=NO)NC(=O)c1cn[nH]c1. The van der Waals surface area contributed by atoms with Gasteiger partial charge < -0.3 is 16.3 Å². The van der Waals surface area contributed by atoms with E-state index < -0.39 is 0 Å². The van der Waals surface area contributed by atoms with E-state index in [4.69, 9.17) is 10.9 Å². The molecule has 0 aliphatic rings. The van der Waals surface area contributed by atoms with E-state index in [0.717, 1.165) is 0 Å². The van der Waals surface area contributed by atoms with Crippen LogP contribution in [0.3, 0.4) is 0 Å². The van der Waals surface area contributed by atoms with Gasteiger partial charge in [-0.05, 0) is 6.92 Å². The Labute approximate surface area is 86.3 Å². The summed E-state index contributed by atoms with van der Waals surface area (Å²) in [7, 11) is 0. The predicted octanol–water partition coefficient (Wildman–Crippen LogP) is -0.335. The van der Waals surface area contributed by atoms with Crippen LogP contribution in [0.15, 0.2) is 17.5 Å². The normalized spacial score (nSPS) is 13.5. The maximum absolute atomic E-state index is 11.5. The molecule has 0 spiro atoms. The molecule has 0 saturated carbocycles. The zero-order chi connectivity index (χ0) is 11.3. The standard InChI is InChI=1S/C8H13N5O2/c1-5(2-7(9)13-15)12-8(14)6-3-10-11-4-6/h3-5,15H,2H2,1H3,(H2,9,13)(H,10,11)(H,12,14). The van der Waals surface area contributed by atoms with Gasteiger partial charge in [0.15, 0.2) is 0 Å². The highest BCUT2D eigenvalue weighted by molar-refractivity contribution is 5.94. The first-order valence-corrected chi connectivity index (χ1v) is 4.39. The second-order valence-electron chi connectivity index (χ2n) is 3.16. The van der Waals surface area contributed by atoms with Gasteiger partial charge in [-0.1, -0.05) is 5.16 Å². The molecule has 1 aromatic rings. The molecule has 0 saturated heterocycles. The van der Waals surface area contributed by atoms with Crippen molar-refractivity contribution in [2.24, 2.45) is 10.9 Å². The molecular weight excluding hydrogens is 198 g/mol. The number of amidine groups is 1. The summed E-state index contributed by atoms with van der Waals surface area (Å²) in [6, 6.07) is -0.205. The molecule has 1 aromatic heterocycles. The maximum Gasteiger partial charge on any atom is 0.254 e. The van der Waals surface area contributed by atoms with Gasteiger partial charge in [-0.25, -0.2) is 0 Å². The molecule has 0 aromatic carbocycles. The van der Waals surface area contributed by atoms with Crippen LogP contribution in [0.5, 0.6) is 0 Å². The molecule has 82 valence electrons. The van der Waals surface area contributed by atoms with E-state index in [1.54, 1.807) is 6.92 Å². The van der Waals surface area contributed by atoms with Gasteiger partial charge in [-0.3, -0.25) is 9.89 Å². The molecular formula is C8H13N5O2. The van der Waals surface area contributed by atoms with Crippen molar-refractivity contribution in [3.8, 4) is 0 Å². The molecule has 1 unspecified atom stereocenters. The van der Waals surface area contributed by atoms with Crippen LogP contribution in [0.1, 0.15) is 23.7 Å². The summed E-state index contributed by atoms with van der Waals surface area (Å²) in [4.78, 5) is 11.5. The highest BCUT2D eigenvalue weighted by Crippen LogP contribution is 1.97. The number of aromatic amines is 1. The lowest BCUT2D eigenvalue weighted by Gasteiger charge is -2.11. The minimum atomic E-state index is -0.248. The van der Waals surface area contributed by atoms with Crippen LogP contribution in [0.25, 0.3) is 0 Å². The van der Waals surface area contributed by atoms with Crippen molar-refractivity contribution < 1.29 is 10.0 Å². The van der Waals surface area contributed by atoms with Gasteiger partial charge >= 0.3 is 0 Å². The van der Waals surface area contributed by atoms with E-state index >= 15 is 0 Å². The molecule has 7 heteroatoms. The zero-order valence-electron chi connectivity index (χ0n) is 8.27. The molecule has 0 aliphatic carbocycles. The Hall–Kier alpha value is -2.05. The van der Waals surface area contributed by atoms with Gasteiger partial charge in [0, 0.05) is 18.7 Å². The predicted molar refractivity (Wildman–Crippen MR) is 53.5 cm³/mol. The van der Waals surface area contributed by atoms with Gasteiger partial charge in [0.2, 0.25) is 0 Å². The summed E-state index contributed by atoms with van der Waals surface area (Å²) < 4.78 is 0. The first-order chi connectivity index (χ1) is 7.13. The van der Waals surface area contributed by atoms with Crippen molar-refractivity contribution >= 4 is 11.7 Å². The Morgan fingerprint density at radius 3 is 3.13 bits per heavy atom. The minimum Gasteiger partial charge on any atom is -0.409 e. The highest BCUT2D eigenvalue weighted by atomic mass is 16.4. The van der Waals surface area contributed by atoms with E-state index in [1.165, 1.54) is 12.4 Å². The first-order valence-electron chi connectivity index (χ1n) is 4.39. The Bertz CT molecular complexity index is 346. The van der Waals surface area contributed by atoms with Gasteiger partial charge in [0.05, 0.1) is 11.8 Å². The molecule has 0 bridgehead atoms. The number of rotatable bonds is 4. The minimum absolute atomic E-state index is 0.0787. The number of nitrogens with zero attached hydrogens (tertiary/aromatic N) is 2. The highest BCUT2D eigenvalue weighted by Gasteiger charge is 2.11. The number of carbonyl (C=O) groups is 1. The summed E-state index contributed by atoms with van der Waals surface area (Å²) in [5.74, 6) is -0.169. The van der Waals surface area contributed by atoms with Gasteiger partial charge in [0.25, 0.3) is 5.91 Å². The molecule has 1 rings (SSSR count). The van der Waals surface area contributed by atoms with Crippen LogP contribution in [0.4, 0.5) is 0 Å². The molecule has 1 atom stereocenters. The first kappa shape index (κ1) is 11.0. The fraction of sp³-hybridized carbons (Fsp3) is 0.375. The molecule has 1 amide bonds. The molecule has 0 fully saturated rings. The number of hydrogen-bond acceptors (Lipinski definition) is 4. The molecule has 15 heavy (non-hydrogen) atoms. The Morgan fingerprint density at radius 2 is 2.60 bits per heavy atom. The third-order valence-electron chi connectivity index (χ3n) is 1.78. The van der Waals surface area contributed by atoms with E-state index in [1.807, 2.05) is 0 Å². The fourth-order valence-corrected chi connectivity index (χ4v) is 1.09. The molecule has 0 aliphatic heterocycles. The second-order valence-corrected chi connectivity index (χ2v) is 3.16. The van der Waals surface area contributed by atoms with E-state index in [9.17, 15) is 4.79 Å². The third-order valence-corrected chi connectivity index (χ3v) is 1.78. The number of aromatic nitrogens is 2. The van der Waals surface area contributed by atoms with Crippen molar-refractivity contribution in [3.63, 3.8) is 0 Å². The van der Waals surface area contributed by atoms with Crippen molar-refractivity contribution in [2.45, 2.75) is 19.4 Å². The monoisotopic (exact) mass is 211 g/mol. The van der Waals surface area contributed by atoms with E-state index in [0.29, 0.717) is 12.0 Å². The zero-order valence-corrected chi connectivity index (χ0v) is 8.27. The summed E-state index contributed by atoms with van der Waals surface area (Å²) >= 11 is 0. The number of amides is 1.